The van der Waals surface area contributed by atoms with Crippen LogP contribution in [0.1, 0.15) is 25.3 Å². The molecule has 1 N–H and O–H groups in total. The maximum absolute atomic E-state index is 12.3. The minimum absolute atomic E-state index is 0.157. The van der Waals surface area contributed by atoms with Crippen LogP contribution in [0.3, 0.4) is 0 Å². The van der Waals surface area contributed by atoms with Gasteiger partial charge in [0.2, 0.25) is 5.91 Å². The fourth-order valence-corrected chi connectivity index (χ4v) is 3.95. The molecule has 0 saturated heterocycles. The van der Waals surface area contributed by atoms with E-state index in [4.69, 9.17) is 4.42 Å². The Hall–Kier alpha value is -3.19. The van der Waals surface area contributed by atoms with E-state index in [9.17, 15) is 9.59 Å². The Balaban J connectivity index is 1.39. The number of nitrogens with one attached hydrogen (secondary N) is 1. The topological polar surface area (TPSA) is 77.1 Å². The number of anilines is 1. The Morgan fingerprint density at radius 1 is 1.17 bits per heavy atom. The van der Waals surface area contributed by atoms with Crippen LogP contribution in [0.5, 0.6) is 0 Å². The maximum Gasteiger partial charge on any atom is 0.419 e. The SMILES string of the molecule is CCCc1ccc(-c2csc(NC(=O)CCn3c(=O)oc4ccccc43)n2)cc1. The van der Waals surface area contributed by atoms with Gasteiger partial charge in [0.25, 0.3) is 0 Å². The largest absolute Gasteiger partial charge is 0.419 e. The summed E-state index contributed by atoms with van der Waals surface area (Å²) in [7, 11) is 0. The van der Waals surface area contributed by atoms with Gasteiger partial charge in [0, 0.05) is 23.9 Å². The van der Waals surface area contributed by atoms with E-state index in [2.05, 4.69) is 41.5 Å². The van der Waals surface area contributed by atoms with Gasteiger partial charge in [-0.3, -0.25) is 9.36 Å². The maximum atomic E-state index is 12.3. The molecule has 2 aromatic heterocycles. The number of carbonyl (C=O) groups excluding carboxylic acids is 1. The smallest absolute Gasteiger partial charge is 0.408 e. The van der Waals surface area contributed by atoms with Crippen molar-refractivity contribution in [3.8, 4) is 11.3 Å². The second-order valence-electron chi connectivity index (χ2n) is 6.77. The zero-order chi connectivity index (χ0) is 20.2. The number of carbonyl (C=O) groups is 1. The molecular weight excluding hydrogens is 386 g/mol. The molecule has 148 valence electrons. The van der Waals surface area contributed by atoms with Crippen molar-refractivity contribution in [2.75, 3.05) is 5.32 Å². The molecule has 0 aliphatic carbocycles. The van der Waals surface area contributed by atoms with E-state index in [-0.39, 0.29) is 18.9 Å². The lowest BCUT2D eigenvalue weighted by Crippen LogP contribution is -2.19. The van der Waals surface area contributed by atoms with Gasteiger partial charge >= 0.3 is 5.76 Å². The number of aromatic nitrogens is 2. The van der Waals surface area contributed by atoms with Crippen LogP contribution in [-0.2, 0) is 17.8 Å². The molecule has 7 heteroatoms. The molecule has 0 aliphatic rings. The summed E-state index contributed by atoms with van der Waals surface area (Å²) >= 11 is 1.39. The molecule has 4 aromatic rings. The molecule has 2 aromatic carbocycles. The standard InChI is InChI=1S/C22H21N3O3S/c1-2-5-15-8-10-16(11-9-15)17-14-29-21(23-17)24-20(26)12-13-25-18-6-3-4-7-19(18)28-22(25)27/h3-4,6-11,14H,2,5,12-13H2,1H3,(H,23,24,26). The van der Waals surface area contributed by atoms with Gasteiger partial charge in [-0.2, -0.15) is 0 Å². The summed E-state index contributed by atoms with van der Waals surface area (Å²) < 4.78 is 6.66. The molecule has 0 unspecified atom stereocenters. The van der Waals surface area contributed by atoms with Gasteiger partial charge in [-0.15, -0.1) is 11.3 Å². The van der Waals surface area contributed by atoms with Gasteiger partial charge in [0.15, 0.2) is 10.7 Å². The molecule has 6 nitrogen and oxygen atoms in total. The highest BCUT2D eigenvalue weighted by Gasteiger charge is 2.12. The van der Waals surface area contributed by atoms with Gasteiger partial charge in [-0.25, -0.2) is 9.78 Å². The Morgan fingerprint density at radius 3 is 2.76 bits per heavy atom. The zero-order valence-electron chi connectivity index (χ0n) is 16.1. The van der Waals surface area contributed by atoms with E-state index < -0.39 is 5.76 Å². The number of hydrogen-bond acceptors (Lipinski definition) is 5. The Morgan fingerprint density at radius 2 is 1.97 bits per heavy atom. The number of hydrogen-bond donors (Lipinski definition) is 1. The summed E-state index contributed by atoms with van der Waals surface area (Å²) in [6.07, 6.45) is 2.34. The highest BCUT2D eigenvalue weighted by molar-refractivity contribution is 7.14. The van der Waals surface area contributed by atoms with Crippen molar-refractivity contribution >= 4 is 33.5 Å². The van der Waals surface area contributed by atoms with Crippen LogP contribution < -0.4 is 11.1 Å². The first-order valence-electron chi connectivity index (χ1n) is 9.57. The molecule has 4 rings (SSSR count). The average molecular weight is 407 g/mol. The van der Waals surface area contributed by atoms with Crippen LogP contribution in [0.4, 0.5) is 5.13 Å². The number of rotatable bonds is 7. The van der Waals surface area contributed by atoms with Gasteiger partial charge < -0.3 is 9.73 Å². The second kappa shape index (κ2) is 8.45. The predicted octanol–water partition coefficient (Wildman–Crippen LogP) is 4.70. The Bertz CT molecular complexity index is 1190. The van der Waals surface area contributed by atoms with Crippen molar-refractivity contribution < 1.29 is 9.21 Å². The van der Waals surface area contributed by atoms with Crippen LogP contribution in [0.2, 0.25) is 0 Å². The molecule has 0 saturated carbocycles. The Kier molecular flexibility index (Phi) is 5.57. The van der Waals surface area contributed by atoms with Crippen LogP contribution in [0.15, 0.2) is 63.1 Å². The average Bonchev–Trinajstić information content (AvgIpc) is 3.31. The molecule has 0 spiro atoms. The predicted molar refractivity (Wildman–Crippen MR) is 115 cm³/mol. The van der Waals surface area contributed by atoms with Gasteiger partial charge in [-0.05, 0) is 24.1 Å². The quantitative estimate of drug-likeness (QED) is 0.482. The molecule has 0 radical (unpaired) electrons. The number of amides is 1. The van der Waals surface area contributed by atoms with Gasteiger partial charge in [-0.1, -0.05) is 49.7 Å². The van der Waals surface area contributed by atoms with Gasteiger partial charge in [0.1, 0.15) is 0 Å². The van der Waals surface area contributed by atoms with Crippen LogP contribution in [0, 0.1) is 0 Å². The number of fused-ring (bicyclic) bond motifs is 1. The minimum atomic E-state index is -0.456. The van der Waals surface area contributed by atoms with Crippen molar-refractivity contribution in [3.05, 3.63) is 70.0 Å². The molecule has 0 aliphatic heterocycles. The second-order valence-corrected chi connectivity index (χ2v) is 7.63. The third kappa shape index (κ3) is 4.30. The molecule has 0 fully saturated rings. The van der Waals surface area contributed by atoms with Crippen molar-refractivity contribution in [1.29, 1.82) is 0 Å². The number of para-hydroxylation sites is 2. The lowest BCUT2D eigenvalue weighted by molar-refractivity contribution is -0.116. The molecular formula is C22H21N3O3S. The minimum Gasteiger partial charge on any atom is -0.408 e. The van der Waals surface area contributed by atoms with Crippen LogP contribution >= 0.6 is 11.3 Å². The van der Waals surface area contributed by atoms with Crippen molar-refractivity contribution in [2.45, 2.75) is 32.7 Å². The summed E-state index contributed by atoms with van der Waals surface area (Å²) in [5.41, 5.74) is 4.38. The highest BCUT2D eigenvalue weighted by Crippen LogP contribution is 2.25. The zero-order valence-corrected chi connectivity index (χ0v) is 16.9. The molecule has 1 amide bonds. The first-order chi connectivity index (χ1) is 14.1. The van der Waals surface area contributed by atoms with Crippen molar-refractivity contribution in [1.82, 2.24) is 9.55 Å². The van der Waals surface area contributed by atoms with E-state index in [0.717, 1.165) is 24.1 Å². The lowest BCUT2D eigenvalue weighted by atomic mass is 10.1. The fourth-order valence-electron chi connectivity index (χ4n) is 3.22. The molecule has 2 heterocycles. The van der Waals surface area contributed by atoms with E-state index in [1.807, 2.05) is 11.4 Å². The first kappa shape index (κ1) is 19.1. The van der Waals surface area contributed by atoms with Gasteiger partial charge in [0.05, 0.1) is 11.2 Å². The normalized spacial score (nSPS) is 11.1. The number of aryl methyl sites for hydroxylation is 2. The first-order valence-corrected chi connectivity index (χ1v) is 10.4. The summed E-state index contributed by atoms with van der Waals surface area (Å²) in [6, 6.07) is 15.5. The molecule has 0 bridgehead atoms. The third-order valence-electron chi connectivity index (χ3n) is 4.68. The monoisotopic (exact) mass is 407 g/mol. The highest BCUT2D eigenvalue weighted by atomic mass is 32.1. The summed E-state index contributed by atoms with van der Waals surface area (Å²) in [5.74, 6) is -0.650. The third-order valence-corrected chi connectivity index (χ3v) is 5.43. The van der Waals surface area contributed by atoms with Crippen molar-refractivity contribution in [2.24, 2.45) is 0 Å². The number of nitrogens with zero attached hydrogens (tertiary/aromatic N) is 2. The number of benzene rings is 2. The molecule has 29 heavy (non-hydrogen) atoms. The van der Waals surface area contributed by atoms with E-state index in [1.165, 1.54) is 21.5 Å². The van der Waals surface area contributed by atoms with E-state index in [1.54, 1.807) is 18.2 Å². The fraction of sp³-hybridized carbons (Fsp3) is 0.227. The number of oxazole rings is 1. The van der Waals surface area contributed by atoms with E-state index >= 15 is 0 Å². The van der Waals surface area contributed by atoms with Crippen LogP contribution in [-0.4, -0.2) is 15.5 Å². The lowest BCUT2D eigenvalue weighted by Gasteiger charge is -2.03. The van der Waals surface area contributed by atoms with Crippen LogP contribution in [0.25, 0.3) is 22.4 Å². The Labute approximate surface area is 171 Å². The summed E-state index contributed by atoms with van der Waals surface area (Å²) in [5, 5.41) is 5.29. The number of thiazole rings is 1. The van der Waals surface area contributed by atoms with E-state index in [0.29, 0.717) is 16.2 Å². The molecule has 0 atom stereocenters. The summed E-state index contributed by atoms with van der Waals surface area (Å²) in [6.45, 7) is 2.41. The van der Waals surface area contributed by atoms with Crippen molar-refractivity contribution in [3.63, 3.8) is 0 Å². The summed E-state index contributed by atoms with van der Waals surface area (Å²) in [4.78, 5) is 28.8.